The minimum atomic E-state index is -0.202. The van der Waals surface area contributed by atoms with Gasteiger partial charge < -0.3 is 5.73 Å². The number of benzene rings is 1. The first-order valence-electron chi connectivity index (χ1n) is 3.86. The van der Waals surface area contributed by atoms with Crippen molar-refractivity contribution in [1.82, 2.24) is 0 Å². The van der Waals surface area contributed by atoms with E-state index in [1.165, 1.54) is 12.1 Å². The fourth-order valence-electron chi connectivity index (χ4n) is 1.06. The lowest BCUT2D eigenvalue weighted by atomic mass is 10.1. The third-order valence-electron chi connectivity index (χ3n) is 1.51. The molecule has 2 N–H and O–H groups in total. The molecule has 0 amide bonds. The summed E-state index contributed by atoms with van der Waals surface area (Å²) in [7, 11) is 0. The number of halogens is 1. The van der Waals surface area contributed by atoms with Gasteiger partial charge in [0.25, 0.3) is 0 Å². The van der Waals surface area contributed by atoms with Crippen LogP contribution in [0, 0.1) is 12.7 Å². The predicted molar refractivity (Wildman–Crippen MR) is 49.2 cm³/mol. The summed E-state index contributed by atoms with van der Waals surface area (Å²) < 4.78 is 12.8. The van der Waals surface area contributed by atoms with Gasteiger partial charge in [-0.15, -0.1) is 0 Å². The maximum atomic E-state index is 12.8. The maximum Gasteiger partial charge on any atom is 0.124 e. The van der Waals surface area contributed by atoms with Gasteiger partial charge in [0.15, 0.2) is 0 Å². The van der Waals surface area contributed by atoms with Gasteiger partial charge >= 0.3 is 0 Å². The first-order chi connectivity index (χ1) is 5.72. The zero-order valence-corrected chi connectivity index (χ0v) is 7.05. The van der Waals surface area contributed by atoms with Crippen molar-refractivity contribution in [2.45, 2.75) is 6.92 Å². The summed E-state index contributed by atoms with van der Waals surface area (Å²) in [4.78, 5) is 0. The first kappa shape index (κ1) is 8.94. The topological polar surface area (TPSA) is 26.0 Å². The first-order valence-corrected chi connectivity index (χ1v) is 3.86. The van der Waals surface area contributed by atoms with E-state index in [0.29, 0.717) is 6.54 Å². The Hall–Kier alpha value is -1.15. The minimum Gasteiger partial charge on any atom is -0.327 e. The highest BCUT2D eigenvalue weighted by Crippen LogP contribution is 2.09. The lowest BCUT2D eigenvalue weighted by Crippen LogP contribution is -1.92. The molecule has 0 saturated carbocycles. The van der Waals surface area contributed by atoms with E-state index < -0.39 is 0 Å². The minimum absolute atomic E-state index is 0.202. The van der Waals surface area contributed by atoms with Crippen LogP contribution in [0.2, 0.25) is 0 Å². The Labute approximate surface area is 71.7 Å². The van der Waals surface area contributed by atoms with E-state index in [2.05, 4.69) is 0 Å². The Bertz CT molecular complexity index is 272. The zero-order valence-electron chi connectivity index (χ0n) is 7.05. The van der Waals surface area contributed by atoms with Crippen molar-refractivity contribution in [3.63, 3.8) is 0 Å². The molecule has 0 aliphatic rings. The van der Waals surface area contributed by atoms with Crippen LogP contribution in [0.5, 0.6) is 0 Å². The van der Waals surface area contributed by atoms with Crippen molar-refractivity contribution in [1.29, 1.82) is 0 Å². The van der Waals surface area contributed by atoms with Crippen molar-refractivity contribution in [3.8, 4) is 0 Å². The molecule has 2 heteroatoms. The molecule has 1 nitrogen and oxygen atoms in total. The number of aryl methyl sites for hydroxylation is 1. The molecule has 0 aliphatic carbocycles. The molecule has 0 radical (unpaired) electrons. The second-order valence-corrected chi connectivity index (χ2v) is 2.70. The largest absolute Gasteiger partial charge is 0.327 e. The fourth-order valence-corrected chi connectivity index (χ4v) is 1.06. The van der Waals surface area contributed by atoms with Gasteiger partial charge in [0.05, 0.1) is 0 Å². The molecule has 0 aliphatic heterocycles. The number of rotatable bonds is 2. The van der Waals surface area contributed by atoms with E-state index in [4.69, 9.17) is 5.73 Å². The lowest BCUT2D eigenvalue weighted by Gasteiger charge is -1.96. The van der Waals surface area contributed by atoms with E-state index in [9.17, 15) is 4.39 Å². The van der Waals surface area contributed by atoms with Gasteiger partial charge in [0, 0.05) is 6.54 Å². The summed E-state index contributed by atoms with van der Waals surface area (Å²) in [6, 6.07) is 4.90. The number of nitrogens with two attached hydrogens (primary N) is 1. The summed E-state index contributed by atoms with van der Waals surface area (Å²) in [5.74, 6) is -0.202. The smallest absolute Gasteiger partial charge is 0.124 e. The highest BCUT2D eigenvalue weighted by atomic mass is 19.1. The maximum absolute atomic E-state index is 12.8. The second kappa shape index (κ2) is 4.02. The van der Waals surface area contributed by atoms with E-state index in [-0.39, 0.29) is 5.82 Å². The van der Waals surface area contributed by atoms with Crippen molar-refractivity contribution >= 4 is 6.08 Å². The molecule has 1 rings (SSSR count). The Morgan fingerprint density at radius 3 is 2.75 bits per heavy atom. The Balaban J connectivity index is 2.93. The van der Waals surface area contributed by atoms with Crippen molar-refractivity contribution in [3.05, 3.63) is 41.2 Å². The molecule has 0 unspecified atom stereocenters. The number of hydrogen-bond donors (Lipinski definition) is 1. The molecule has 0 spiro atoms. The molecule has 0 fully saturated rings. The molecule has 1 aromatic carbocycles. The van der Waals surface area contributed by atoms with E-state index >= 15 is 0 Å². The van der Waals surface area contributed by atoms with Crippen LogP contribution < -0.4 is 5.73 Å². The second-order valence-electron chi connectivity index (χ2n) is 2.70. The van der Waals surface area contributed by atoms with Gasteiger partial charge in [-0.25, -0.2) is 4.39 Å². The molecular formula is C10H12FN. The van der Waals surface area contributed by atoms with Gasteiger partial charge in [-0.2, -0.15) is 0 Å². The normalized spacial score (nSPS) is 10.9. The van der Waals surface area contributed by atoms with Crippen LogP contribution in [0.3, 0.4) is 0 Å². The Morgan fingerprint density at radius 1 is 1.42 bits per heavy atom. The molecule has 0 aromatic heterocycles. The lowest BCUT2D eigenvalue weighted by molar-refractivity contribution is 0.626. The van der Waals surface area contributed by atoms with Gasteiger partial charge in [0.2, 0.25) is 0 Å². The highest BCUT2D eigenvalue weighted by Gasteiger charge is 1.93. The summed E-state index contributed by atoms with van der Waals surface area (Å²) >= 11 is 0. The Morgan fingerprint density at radius 2 is 2.17 bits per heavy atom. The zero-order chi connectivity index (χ0) is 8.97. The molecule has 0 heterocycles. The van der Waals surface area contributed by atoms with Crippen molar-refractivity contribution in [2.75, 3.05) is 6.54 Å². The van der Waals surface area contributed by atoms with Crippen LogP contribution in [-0.4, -0.2) is 6.54 Å². The standard InChI is InChI=1S/C10H12FN/c1-8-5-9(3-2-4-12)7-10(11)6-8/h2-3,5-7H,4,12H2,1H3/b3-2+. The highest BCUT2D eigenvalue weighted by molar-refractivity contribution is 5.50. The van der Waals surface area contributed by atoms with Crippen molar-refractivity contribution in [2.24, 2.45) is 5.73 Å². The fraction of sp³-hybridized carbons (Fsp3) is 0.200. The van der Waals surface area contributed by atoms with Crippen LogP contribution in [0.1, 0.15) is 11.1 Å². The molecular weight excluding hydrogens is 153 g/mol. The number of hydrogen-bond acceptors (Lipinski definition) is 1. The predicted octanol–water partition coefficient (Wildman–Crippen LogP) is 2.11. The summed E-state index contributed by atoms with van der Waals surface area (Å²) in [5, 5.41) is 0. The average molecular weight is 165 g/mol. The van der Waals surface area contributed by atoms with Gasteiger partial charge in [0.1, 0.15) is 5.82 Å². The van der Waals surface area contributed by atoms with Gasteiger partial charge in [-0.3, -0.25) is 0 Å². The summed E-state index contributed by atoms with van der Waals surface area (Å²) in [6.07, 6.45) is 3.62. The van der Waals surface area contributed by atoms with Gasteiger partial charge in [-0.05, 0) is 30.2 Å². The monoisotopic (exact) mass is 165 g/mol. The van der Waals surface area contributed by atoms with E-state index in [1.807, 2.05) is 19.1 Å². The van der Waals surface area contributed by atoms with E-state index in [1.54, 1.807) is 6.08 Å². The van der Waals surface area contributed by atoms with Crippen molar-refractivity contribution < 1.29 is 4.39 Å². The molecule has 0 atom stereocenters. The van der Waals surface area contributed by atoms with Crippen LogP contribution in [-0.2, 0) is 0 Å². The van der Waals surface area contributed by atoms with E-state index in [0.717, 1.165) is 11.1 Å². The van der Waals surface area contributed by atoms with Crippen LogP contribution in [0.25, 0.3) is 6.08 Å². The molecule has 0 saturated heterocycles. The molecule has 64 valence electrons. The average Bonchev–Trinajstić information content (AvgIpc) is 1.99. The third-order valence-corrected chi connectivity index (χ3v) is 1.51. The van der Waals surface area contributed by atoms with Crippen LogP contribution >= 0.6 is 0 Å². The Kier molecular flexibility index (Phi) is 3.00. The van der Waals surface area contributed by atoms with Crippen LogP contribution in [0.4, 0.5) is 4.39 Å². The quantitative estimate of drug-likeness (QED) is 0.713. The molecule has 0 bridgehead atoms. The third kappa shape index (κ3) is 2.47. The molecule has 12 heavy (non-hydrogen) atoms. The summed E-state index contributed by atoms with van der Waals surface area (Å²) in [6.45, 7) is 2.35. The molecule has 1 aromatic rings. The van der Waals surface area contributed by atoms with Crippen LogP contribution in [0.15, 0.2) is 24.3 Å². The summed E-state index contributed by atoms with van der Waals surface area (Å²) in [5.41, 5.74) is 7.05. The van der Waals surface area contributed by atoms with Gasteiger partial charge in [-0.1, -0.05) is 18.2 Å². The SMILES string of the molecule is Cc1cc(F)cc(/C=C/CN)c1.